The van der Waals surface area contributed by atoms with Crippen molar-refractivity contribution in [3.05, 3.63) is 52.2 Å². The third-order valence-electron chi connectivity index (χ3n) is 5.08. The number of aryl methyl sites for hydroxylation is 1. The molecule has 2 aromatic heterocycles. The summed E-state index contributed by atoms with van der Waals surface area (Å²) < 4.78 is 11.1. The molecule has 9 nitrogen and oxygen atoms in total. The van der Waals surface area contributed by atoms with Crippen LogP contribution >= 0.6 is 0 Å². The summed E-state index contributed by atoms with van der Waals surface area (Å²) in [6.07, 6.45) is 2.53. The third-order valence-corrected chi connectivity index (χ3v) is 5.08. The second-order valence-electron chi connectivity index (χ2n) is 7.33. The Morgan fingerprint density at radius 1 is 1.23 bits per heavy atom. The molecule has 0 saturated carbocycles. The van der Waals surface area contributed by atoms with E-state index in [0.717, 1.165) is 0 Å². The maximum Gasteiger partial charge on any atom is 0.227 e. The number of nitrogens with one attached hydrogen (secondary N) is 2. The second-order valence-corrected chi connectivity index (χ2v) is 7.33. The molecule has 2 aromatic rings. The van der Waals surface area contributed by atoms with Crippen molar-refractivity contribution >= 4 is 17.6 Å². The van der Waals surface area contributed by atoms with E-state index in [-0.39, 0.29) is 37.0 Å². The molecule has 3 heterocycles. The number of carbonyl (C=O) groups is 2. The molecular weight excluding hydrogens is 390 g/mol. The maximum atomic E-state index is 12.6. The number of amides is 2. The molecule has 1 aliphatic rings. The molecule has 9 heteroatoms. The minimum atomic E-state index is -0.839. The number of hydrogen-bond acceptors (Lipinski definition) is 7. The lowest BCUT2D eigenvalue weighted by Gasteiger charge is -2.35. The number of pyridine rings is 1. The lowest BCUT2D eigenvalue weighted by atomic mass is 9.74. The van der Waals surface area contributed by atoms with Gasteiger partial charge in [-0.05, 0) is 31.9 Å². The van der Waals surface area contributed by atoms with Gasteiger partial charge in [-0.3, -0.25) is 14.4 Å². The van der Waals surface area contributed by atoms with E-state index in [9.17, 15) is 19.5 Å². The Hall–Kier alpha value is -3.20. The first-order valence-electron chi connectivity index (χ1n) is 9.79. The van der Waals surface area contributed by atoms with Crippen LogP contribution in [-0.4, -0.2) is 41.7 Å². The zero-order valence-electron chi connectivity index (χ0n) is 16.8. The maximum absolute atomic E-state index is 12.6. The van der Waals surface area contributed by atoms with Gasteiger partial charge in [0.15, 0.2) is 5.76 Å². The van der Waals surface area contributed by atoms with Gasteiger partial charge >= 0.3 is 0 Å². The van der Waals surface area contributed by atoms with Crippen LogP contribution in [0.1, 0.15) is 37.2 Å². The van der Waals surface area contributed by atoms with Crippen LogP contribution in [0.3, 0.4) is 0 Å². The monoisotopic (exact) mass is 415 g/mol. The zero-order chi connectivity index (χ0) is 21.6. The summed E-state index contributed by atoms with van der Waals surface area (Å²) in [6.45, 7) is 2.54. The highest BCUT2D eigenvalue weighted by Crippen LogP contribution is 2.41. The molecule has 1 saturated heterocycles. The highest BCUT2D eigenvalue weighted by molar-refractivity contribution is 5.90. The smallest absolute Gasteiger partial charge is 0.227 e. The van der Waals surface area contributed by atoms with E-state index < -0.39 is 16.6 Å². The minimum Gasteiger partial charge on any atom is -0.502 e. The van der Waals surface area contributed by atoms with Crippen molar-refractivity contribution in [1.29, 1.82) is 0 Å². The number of aromatic nitrogens is 1. The first-order chi connectivity index (χ1) is 14.4. The highest BCUT2D eigenvalue weighted by Gasteiger charge is 2.41. The zero-order valence-corrected chi connectivity index (χ0v) is 16.8. The van der Waals surface area contributed by atoms with Gasteiger partial charge in [-0.1, -0.05) is 6.07 Å². The summed E-state index contributed by atoms with van der Waals surface area (Å²) in [5.41, 5.74) is -1.38. The van der Waals surface area contributed by atoms with Crippen molar-refractivity contribution < 1.29 is 23.8 Å². The Balaban J connectivity index is 1.62. The van der Waals surface area contributed by atoms with Crippen LogP contribution in [0, 0.1) is 6.92 Å². The molecule has 1 aliphatic heterocycles. The summed E-state index contributed by atoms with van der Waals surface area (Å²) in [5, 5.41) is 15.7. The normalized spacial score (nSPS) is 15.4. The van der Waals surface area contributed by atoms with Crippen LogP contribution in [-0.2, 0) is 19.7 Å². The van der Waals surface area contributed by atoms with E-state index in [2.05, 4.69) is 15.6 Å². The van der Waals surface area contributed by atoms with Crippen LogP contribution in [0.15, 0.2) is 39.7 Å². The Bertz CT molecular complexity index is 951. The topological polar surface area (TPSA) is 131 Å². The van der Waals surface area contributed by atoms with Gasteiger partial charge in [0.05, 0.1) is 0 Å². The predicted octanol–water partition coefficient (Wildman–Crippen LogP) is 1.63. The van der Waals surface area contributed by atoms with Gasteiger partial charge < -0.3 is 24.9 Å². The van der Waals surface area contributed by atoms with Gasteiger partial charge in [0.25, 0.3) is 0 Å². The van der Waals surface area contributed by atoms with Crippen molar-refractivity contribution in [3.8, 4) is 5.75 Å². The van der Waals surface area contributed by atoms with Crippen LogP contribution in [0.2, 0.25) is 0 Å². The second kappa shape index (κ2) is 9.53. The average molecular weight is 415 g/mol. The quantitative estimate of drug-likeness (QED) is 0.626. The highest BCUT2D eigenvalue weighted by atomic mass is 16.5. The molecule has 0 unspecified atom stereocenters. The fraction of sp³-hybridized carbons (Fsp3) is 0.429. The van der Waals surface area contributed by atoms with E-state index in [1.807, 2.05) is 0 Å². The molecule has 0 spiro atoms. The molecule has 0 atom stereocenters. The molecule has 160 valence electrons. The summed E-state index contributed by atoms with van der Waals surface area (Å²) in [5.74, 6) is -0.0997. The van der Waals surface area contributed by atoms with Gasteiger partial charge in [-0.15, -0.1) is 0 Å². The molecule has 30 heavy (non-hydrogen) atoms. The molecule has 0 radical (unpaired) electrons. The number of ether oxygens (including phenoxy) is 1. The van der Waals surface area contributed by atoms with E-state index in [4.69, 9.17) is 9.15 Å². The van der Waals surface area contributed by atoms with Crippen molar-refractivity contribution in [3.63, 3.8) is 0 Å². The first kappa shape index (κ1) is 21.5. The Kier molecular flexibility index (Phi) is 6.83. The minimum absolute atomic E-state index is 0.0121. The Morgan fingerprint density at radius 2 is 2.00 bits per heavy atom. The van der Waals surface area contributed by atoms with Crippen LogP contribution in [0.5, 0.6) is 5.75 Å². The van der Waals surface area contributed by atoms with Gasteiger partial charge in [0.2, 0.25) is 23.0 Å². The number of hydrogen-bond donors (Lipinski definition) is 3. The molecule has 0 aliphatic carbocycles. The number of carbonyl (C=O) groups excluding carboxylic acids is 2. The fourth-order valence-corrected chi connectivity index (χ4v) is 3.54. The summed E-state index contributed by atoms with van der Waals surface area (Å²) >= 11 is 0. The number of nitrogens with zero attached hydrogens (tertiary/aromatic N) is 1. The van der Waals surface area contributed by atoms with Gasteiger partial charge in [-0.2, -0.15) is 0 Å². The molecule has 3 N–H and O–H groups in total. The summed E-state index contributed by atoms with van der Waals surface area (Å²) in [6, 6.07) is 6.40. The Labute approximate surface area is 173 Å². The van der Waals surface area contributed by atoms with Crippen LogP contribution in [0.25, 0.3) is 0 Å². The first-order valence-corrected chi connectivity index (χ1v) is 9.79. The fourth-order valence-electron chi connectivity index (χ4n) is 3.54. The molecule has 2 amide bonds. The van der Waals surface area contributed by atoms with E-state index >= 15 is 0 Å². The number of rotatable bonds is 7. The summed E-state index contributed by atoms with van der Waals surface area (Å²) in [7, 11) is 0. The van der Waals surface area contributed by atoms with E-state index in [1.165, 1.54) is 6.07 Å². The Morgan fingerprint density at radius 3 is 2.70 bits per heavy atom. The molecular formula is C21H25N3O6. The van der Waals surface area contributed by atoms with Gasteiger partial charge in [-0.25, -0.2) is 4.98 Å². The number of anilines is 1. The number of aromatic hydroxyl groups is 1. The van der Waals surface area contributed by atoms with Crippen molar-refractivity contribution in [2.24, 2.45) is 0 Å². The lowest BCUT2D eigenvalue weighted by molar-refractivity contribution is -0.123. The molecule has 3 rings (SSSR count). The van der Waals surface area contributed by atoms with Crippen LogP contribution < -0.4 is 16.1 Å². The standard InChI is InChI=1S/C21H25N3O6/c1-14-12-15(25)19(28)20(30-14)21(6-10-29-11-7-21)13-18(27)23-9-5-17(26)24-16-4-2-3-8-22-16/h2-4,8,12,28H,5-7,9-11,13H2,1H3,(H,23,27)(H,22,24,26). The van der Waals surface area contributed by atoms with Crippen molar-refractivity contribution in [1.82, 2.24) is 10.3 Å². The molecule has 1 fully saturated rings. The van der Waals surface area contributed by atoms with Crippen molar-refractivity contribution in [2.75, 3.05) is 25.1 Å². The van der Waals surface area contributed by atoms with Gasteiger partial charge in [0, 0.05) is 50.3 Å². The SMILES string of the molecule is Cc1cc(=O)c(O)c(C2(CC(=O)NCCC(=O)Nc3ccccn3)CCOCC2)o1. The largest absolute Gasteiger partial charge is 0.502 e. The molecule has 0 aromatic carbocycles. The van der Waals surface area contributed by atoms with Gasteiger partial charge in [0.1, 0.15) is 11.6 Å². The lowest BCUT2D eigenvalue weighted by Crippen LogP contribution is -2.40. The third kappa shape index (κ3) is 5.24. The van der Waals surface area contributed by atoms with E-state index in [1.54, 1.807) is 31.3 Å². The predicted molar refractivity (Wildman–Crippen MR) is 108 cm³/mol. The average Bonchev–Trinajstić information content (AvgIpc) is 2.72. The summed E-state index contributed by atoms with van der Waals surface area (Å²) in [4.78, 5) is 40.7. The van der Waals surface area contributed by atoms with E-state index in [0.29, 0.717) is 37.6 Å². The molecule has 0 bridgehead atoms. The van der Waals surface area contributed by atoms with Crippen LogP contribution in [0.4, 0.5) is 5.82 Å². The van der Waals surface area contributed by atoms with Crippen molar-refractivity contribution in [2.45, 2.75) is 38.0 Å².